The first-order valence-electron chi connectivity index (χ1n) is 5.98. The van der Waals surface area contributed by atoms with E-state index in [-0.39, 0.29) is 5.63 Å². The normalized spacial score (nSPS) is 10.8. The molecule has 0 fully saturated rings. The van der Waals surface area contributed by atoms with Crippen molar-refractivity contribution in [1.29, 1.82) is 0 Å². The minimum Gasteiger partial charge on any atom is -0.423 e. The van der Waals surface area contributed by atoms with Gasteiger partial charge in [-0.3, -0.25) is 0 Å². The molecule has 2 aromatic heterocycles. The fraction of sp³-hybridized carbons (Fsp3) is 0.0667. The highest BCUT2D eigenvalue weighted by Crippen LogP contribution is 2.26. The van der Waals surface area contributed by atoms with Crippen LogP contribution in [-0.2, 0) is 5.75 Å². The summed E-state index contributed by atoms with van der Waals surface area (Å²) < 4.78 is 6.12. The lowest BCUT2D eigenvalue weighted by atomic mass is 10.1. The molecular weight excluding hydrogens is 338 g/mol. The van der Waals surface area contributed by atoms with Gasteiger partial charge in [0.25, 0.3) is 0 Å². The summed E-state index contributed by atoms with van der Waals surface area (Å²) in [6, 6.07) is 13.0. The molecule has 0 unspecified atom stereocenters. The van der Waals surface area contributed by atoms with Crippen LogP contribution in [0, 0.1) is 0 Å². The Labute approximate surface area is 128 Å². The Balaban J connectivity index is 1.97. The number of pyridine rings is 1. The molecule has 3 rings (SSSR count). The van der Waals surface area contributed by atoms with E-state index in [2.05, 4.69) is 20.9 Å². The van der Waals surface area contributed by atoms with Gasteiger partial charge in [0.2, 0.25) is 0 Å². The third kappa shape index (κ3) is 2.94. The summed E-state index contributed by atoms with van der Waals surface area (Å²) in [7, 11) is 0. The van der Waals surface area contributed by atoms with Crippen LogP contribution in [0.5, 0.6) is 0 Å². The van der Waals surface area contributed by atoms with Crippen molar-refractivity contribution in [3.8, 4) is 0 Å². The fourth-order valence-corrected chi connectivity index (χ4v) is 3.10. The van der Waals surface area contributed by atoms with Gasteiger partial charge in [0.1, 0.15) is 5.58 Å². The van der Waals surface area contributed by atoms with Crippen LogP contribution in [0.4, 0.5) is 0 Å². The summed E-state index contributed by atoms with van der Waals surface area (Å²) in [5, 5.41) is 1.89. The van der Waals surface area contributed by atoms with Crippen molar-refractivity contribution < 1.29 is 4.42 Å². The van der Waals surface area contributed by atoms with Gasteiger partial charge < -0.3 is 4.42 Å². The Morgan fingerprint density at radius 3 is 2.90 bits per heavy atom. The Bertz CT molecular complexity index is 802. The molecule has 5 heteroatoms. The number of benzene rings is 1. The molecule has 3 nitrogen and oxygen atoms in total. The number of nitrogens with zero attached hydrogens (tertiary/aromatic N) is 1. The van der Waals surface area contributed by atoms with Gasteiger partial charge in [-0.15, -0.1) is 11.8 Å². The standard InChI is InChI=1S/C15H10BrNO2S/c16-11-4-5-12-10(7-15(18)19-13(12)8-11)9-20-14-3-1-2-6-17-14/h1-8H,9H2. The van der Waals surface area contributed by atoms with Crippen molar-refractivity contribution in [2.45, 2.75) is 10.8 Å². The zero-order chi connectivity index (χ0) is 13.9. The maximum absolute atomic E-state index is 11.6. The Morgan fingerprint density at radius 1 is 1.20 bits per heavy atom. The number of hydrogen-bond acceptors (Lipinski definition) is 4. The quantitative estimate of drug-likeness (QED) is 0.524. The molecule has 1 aromatic carbocycles. The maximum atomic E-state index is 11.6. The first-order valence-corrected chi connectivity index (χ1v) is 7.76. The largest absolute Gasteiger partial charge is 0.423 e. The van der Waals surface area contributed by atoms with E-state index in [1.54, 1.807) is 24.0 Å². The van der Waals surface area contributed by atoms with Crippen LogP contribution in [0.2, 0.25) is 0 Å². The van der Waals surface area contributed by atoms with Gasteiger partial charge in [-0.25, -0.2) is 9.78 Å². The van der Waals surface area contributed by atoms with Gasteiger partial charge in [0.05, 0.1) is 5.03 Å². The van der Waals surface area contributed by atoms with Crippen LogP contribution in [0.1, 0.15) is 5.56 Å². The molecule has 100 valence electrons. The molecule has 0 spiro atoms. The second-order valence-corrected chi connectivity index (χ2v) is 6.10. The number of rotatable bonds is 3. The molecule has 0 atom stereocenters. The number of halogens is 1. The van der Waals surface area contributed by atoms with Crippen LogP contribution >= 0.6 is 27.7 Å². The number of aromatic nitrogens is 1. The van der Waals surface area contributed by atoms with Crippen LogP contribution in [0.3, 0.4) is 0 Å². The summed E-state index contributed by atoms with van der Waals surface area (Å²) in [4.78, 5) is 15.9. The number of thioether (sulfide) groups is 1. The minimum atomic E-state index is -0.327. The molecule has 20 heavy (non-hydrogen) atoms. The molecule has 0 aliphatic heterocycles. The van der Waals surface area contributed by atoms with E-state index in [0.717, 1.165) is 20.4 Å². The van der Waals surface area contributed by atoms with E-state index in [9.17, 15) is 4.79 Å². The Morgan fingerprint density at radius 2 is 2.10 bits per heavy atom. The highest BCUT2D eigenvalue weighted by atomic mass is 79.9. The molecule has 0 bridgehead atoms. The van der Waals surface area contributed by atoms with E-state index < -0.39 is 0 Å². The lowest BCUT2D eigenvalue weighted by Gasteiger charge is -2.05. The maximum Gasteiger partial charge on any atom is 0.336 e. The molecule has 0 saturated carbocycles. The van der Waals surface area contributed by atoms with Gasteiger partial charge in [0.15, 0.2) is 0 Å². The lowest BCUT2D eigenvalue weighted by molar-refractivity contribution is 0.559. The average Bonchev–Trinajstić information content (AvgIpc) is 2.45. The van der Waals surface area contributed by atoms with Crippen molar-refractivity contribution in [3.63, 3.8) is 0 Å². The van der Waals surface area contributed by atoms with Crippen molar-refractivity contribution in [2.75, 3.05) is 0 Å². The van der Waals surface area contributed by atoms with Gasteiger partial charge >= 0.3 is 5.63 Å². The van der Waals surface area contributed by atoms with E-state index in [1.165, 1.54) is 0 Å². The molecule has 3 aromatic rings. The van der Waals surface area contributed by atoms with Crippen molar-refractivity contribution in [3.05, 3.63) is 69.1 Å². The zero-order valence-electron chi connectivity index (χ0n) is 10.4. The van der Waals surface area contributed by atoms with Crippen molar-refractivity contribution >= 4 is 38.7 Å². The monoisotopic (exact) mass is 347 g/mol. The molecule has 0 N–H and O–H groups in total. The predicted octanol–water partition coefficient (Wildman–Crippen LogP) is 4.24. The second kappa shape index (κ2) is 5.81. The summed E-state index contributed by atoms with van der Waals surface area (Å²) in [5.74, 6) is 0.681. The molecule has 2 heterocycles. The molecule has 0 radical (unpaired) electrons. The van der Waals surface area contributed by atoms with Gasteiger partial charge in [-0.2, -0.15) is 0 Å². The summed E-state index contributed by atoms with van der Waals surface area (Å²) in [6.07, 6.45) is 1.76. The lowest BCUT2D eigenvalue weighted by Crippen LogP contribution is -1.99. The highest BCUT2D eigenvalue weighted by Gasteiger charge is 2.07. The predicted molar refractivity (Wildman–Crippen MR) is 84.0 cm³/mol. The zero-order valence-corrected chi connectivity index (χ0v) is 12.8. The third-order valence-corrected chi connectivity index (χ3v) is 4.29. The average molecular weight is 348 g/mol. The third-order valence-electron chi connectivity index (χ3n) is 2.81. The van der Waals surface area contributed by atoms with Crippen molar-refractivity contribution in [2.24, 2.45) is 0 Å². The van der Waals surface area contributed by atoms with Crippen LogP contribution in [-0.4, -0.2) is 4.98 Å². The minimum absolute atomic E-state index is 0.327. The van der Waals surface area contributed by atoms with Gasteiger partial charge in [0, 0.05) is 27.9 Å². The molecule has 0 amide bonds. The number of hydrogen-bond donors (Lipinski definition) is 0. The van der Waals surface area contributed by atoms with Crippen LogP contribution in [0.15, 0.2) is 67.4 Å². The van der Waals surface area contributed by atoms with Gasteiger partial charge in [-0.05, 0) is 35.9 Å². The first-order chi connectivity index (χ1) is 9.72. The Kier molecular flexibility index (Phi) is 3.89. The van der Waals surface area contributed by atoms with E-state index in [1.807, 2.05) is 36.4 Å². The number of fused-ring (bicyclic) bond motifs is 1. The first kappa shape index (κ1) is 13.4. The summed E-state index contributed by atoms with van der Waals surface area (Å²) in [6.45, 7) is 0. The topological polar surface area (TPSA) is 43.1 Å². The van der Waals surface area contributed by atoms with Crippen LogP contribution < -0.4 is 5.63 Å². The highest BCUT2D eigenvalue weighted by molar-refractivity contribution is 9.10. The molecule has 0 aliphatic rings. The molecular formula is C15H10BrNO2S. The molecule has 0 aliphatic carbocycles. The SMILES string of the molecule is O=c1cc(CSc2ccccn2)c2ccc(Br)cc2o1. The van der Waals surface area contributed by atoms with Gasteiger partial charge in [-0.1, -0.05) is 22.0 Å². The van der Waals surface area contributed by atoms with Crippen molar-refractivity contribution in [1.82, 2.24) is 4.98 Å². The van der Waals surface area contributed by atoms with E-state index in [4.69, 9.17) is 4.42 Å². The van der Waals surface area contributed by atoms with Crippen LogP contribution in [0.25, 0.3) is 11.0 Å². The summed E-state index contributed by atoms with van der Waals surface area (Å²) >= 11 is 4.98. The fourth-order valence-electron chi connectivity index (χ4n) is 1.91. The van der Waals surface area contributed by atoms with E-state index >= 15 is 0 Å². The smallest absolute Gasteiger partial charge is 0.336 e. The molecule has 0 saturated heterocycles. The second-order valence-electron chi connectivity index (χ2n) is 4.19. The van der Waals surface area contributed by atoms with E-state index in [0.29, 0.717) is 11.3 Å². The summed E-state index contributed by atoms with van der Waals surface area (Å²) in [5.41, 5.74) is 1.23. The Hall–Kier alpha value is -1.59.